The van der Waals surface area contributed by atoms with Crippen LogP contribution in [-0.2, 0) is 37.5 Å². The predicted molar refractivity (Wildman–Crippen MR) is 26.6 cm³/mol. The second kappa shape index (κ2) is 5.86. The number of carbonyl (C=O) groups excluding carboxylic acids is 1. The van der Waals surface area contributed by atoms with Gasteiger partial charge in [-0.1, -0.05) is 13.0 Å². The second-order valence-corrected chi connectivity index (χ2v) is 1.56. The van der Waals surface area contributed by atoms with Crippen LogP contribution >= 0.6 is 0 Å². The van der Waals surface area contributed by atoms with Crippen molar-refractivity contribution >= 4 is 6.29 Å². The summed E-state index contributed by atoms with van der Waals surface area (Å²) in [5.41, 5.74) is 0. The minimum Gasteiger partial charge on any atom is -0.425 e. The Morgan fingerprint density at radius 2 is 2.12 bits per heavy atom. The van der Waals surface area contributed by atoms with E-state index in [2.05, 4.69) is 6.92 Å². The van der Waals surface area contributed by atoms with Gasteiger partial charge in [-0.25, -0.2) is 0 Å². The summed E-state index contributed by atoms with van der Waals surface area (Å²) in [4.78, 5) is 9.75. The fourth-order valence-electron chi connectivity index (χ4n) is 0.0907. The molecule has 0 aliphatic rings. The van der Waals surface area contributed by atoms with Crippen LogP contribution < -0.4 is 0 Å². The molecule has 0 bridgehead atoms. The zero-order chi connectivity index (χ0) is 5.86. The first-order valence-corrected chi connectivity index (χ1v) is 2.15. The summed E-state index contributed by atoms with van der Waals surface area (Å²) < 4.78 is 0. The van der Waals surface area contributed by atoms with E-state index in [4.69, 9.17) is 5.11 Å². The Morgan fingerprint density at radius 1 is 1.75 bits per heavy atom. The first-order valence-electron chi connectivity index (χ1n) is 2.15. The van der Waals surface area contributed by atoms with Gasteiger partial charge in [0.15, 0.2) is 0 Å². The third-order valence-electron chi connectivity index (χ3n) is 0.822. The molecule has 0 aromatic heterocycles. The maximum Gasteiger partial charge on any atom is 0.122 e. The van der Waals surface area contributed by atoms with Crippen molar-refractivity contribution in [2.45, 2.75) is 13.0 Å². The molecule has 45 valence electrons. The number of rotatable bonds is 2. The Balaban J connectivity index is 0. The smallest absolute Gasteiger partial charge is 0.122 e. The molecule has 0 fully saturated rings. The standard InChI is InChI=1S/C5H9O2.Y/c1-4(3-6)5(2)7;/h3-5,7H,2H2,1H3;/q-1;/t4-,5+;/m1./s1. The number of aliphatic hydroxyl groups excluding tert-OH is 1. The Bertz CT molecular complexity index is 63.4. The van der Waals surface area contributed by atoms with E-state index in [0.29, 0.717) is 6.29 Å². The molecule has 0 heterocycles. The number of aldehydes is 1. The van der Waals surface area contributed by atoms with Crippen molar-refractivity contribution in [3.05, 3.63) is 6.92 Å². The van der Waals surface area contributed by atoms with Crippen molar-refractivity contribution in [1.82, 2.24) is 0 Å². The molecule has 0 amide bonds. The van der Waals surface area contributed by atoms with Crippen molar-refractivity contribution in [2.75, 3.05) is 0 Å². The van der Waals surface area contributed by atoms with Crippen LogP contribution in [0.15, 0.2) is 0 Å². The van der Waals surface area contributed by atoms with E-state index in [0.717, 1.165) is 0 Å². The summed E-state index contributed by atoms with van der Waals surface area (Å²) in [5.74, 6) is -0.333. The minimum atomic E-state index is -0.752. The van der Waals surface area contributed by atoms with Gasteiger partial charge in [-0.2, -0.15) is 0 Å². The molecule has 8 heavy (non-hydrogen) atoms. The summed E-state index contributed by atoms with van der Waals surface area (Å²) in [5, 5.41) is 8.48. The summed E-state index contributed by atoms with van der Waals surface area (Å²) in [6, 6.07) is 0. The van der Waals surface area contributed by atoms with Crippen LogP contribution in [0.25, 0.3) is 0 Å². The molecule has 1 N–H and O–H groups in total. The Labute approximate surface area is 74.5 Å². The molecule has 3 heteroatoms. The maximum atomic E-state index is 9.75. The molecule has 0 saturated heterocycles. The number of hydrogen-bond acceptors (Lipinski definition) is 2. The zero-order valence-corrected chi connectivity index (χ0v) is 7.71. The molecule has 2 atom stereocenters. The van der Waals surface area contributed by atoms with Gasteiger partial charge >= 0.3 is 0 Å². The summed E-state index contributed by atoms with van der Waals surface area (Å²) in [6.07, 6.45) is -0.0741. The quantitative estimate of drug-likeness (QED) is 0.492. The van der Waals surface area contributed by atoms with Crippen LogP contribution in [0.4, 0.5) is 0 Å². The largest absolute Gasteiger partial charge is 0.425 e. The molecule has 0 aromatic carbocycles. The summed E-state index contributed by atoms with van der Waals surface area (Å²) >= 11 is 0. The Kier molecular flexibility index (Phi) is 8.44. The molecule has 0 aliphatic heterocycles. The van der Waals surface area contributed by atoms with Crippen LogP contribution in [0, 0.1) is 12.8 Å². The Morgan fingerprint density at radius 3 is 2.12 bits per heavy atom. The monoisotopic (exact) mass is 190 g/mol. The van der Waals surface area contributed by atoms with Crippen LogP contribution in [0.2, 0.25) is 0 Å². The molecule has 2 nitrogen and oxygen atoms in total. The van der Waals surface area contributed by atoms with Gasteiger partial charge in [-0.15, -0.1) is 0 Å². The molecule has 0 spiro atoms. The van der Waals surface area contributed by atoms with Crippen LogP contribution in [0.1, 0.15) is 6.92 Å². The first-order chi connectivity index (χ1) is 3.18. The maximum absolute atomic E-state index is 9.75. The number of aliphatic hydroxyl groups is 1. The zero-order valence-electron chi connectivity index (χ0n) is 4.87. The van der Waals surface area contributed by atoms with E-state index >= 15 is 0 Å². The molecular weight excluding hydrogens is 181 g/mol. The van der Waals surface area contributed by atoms with Crippen molar-refractivity contribution in [1.29, 1.82) is 0 Å². The van der Waals surface area contributed by atoms with Crippen LogP contribution in [-0.4, -0.2) is 17.5 Å². The van der Waals surface area contributed by atoms with E-state index in [1.807, 2.05) is 0 Å². The minimum absolute atomic E-state index is 0. The number of carbonyl (C=O) groups is 1. The topological polar surface area (TPSA) is 37.3 Å². The third-order valence-corrected chi connectivity index (χ3v) is 0.822. The van der Waals surface area contributed by atoms with Crippen molar-refractivity contribution < 1.29 is 42.6 Å². The van der Waals surface area contributed by atoms with Crippen molar-refractivity contribution in [3.63, 3.8) is 0 Å². The van der Waals surface area contributed by atoms with Crippen molar-refractivity contribution in [2.24, 2.45) is 5.92 Å². The molecule has 0 aromatic rings. The average Bonchev–Trinajstić information content (AvgIpc) is 1.65. The van der Waals surface area contributed by atoms with E-state index in [9.17, 15) is 4.79 Å². The van der Waals surface area contributed by atoms with Gasteiger partial charge in [-0.3, -0.25) is 0 Å². The van der Waals surface area contributed by atoms with Crippen molar-refractivity contribution in [3.8, 4) is 0 Å². The van der Waals surface area contributed by atoms with E-state index in [1.54, 1.807) is 6.92 Å². The van der Waals surface area contributed by atoms with E-state index in [-0.39, 0.29) is 38.6 Å². The molecule has 0 saturated carbocycles. The molecule has 1 radical (unpaired) electrons. The van der Waals surface area contributed by atoms with Gasteiger partial charge in [0.2, 0.25) is 0 Å². The van der Waals surface area contributed by atoms with Gasteiger partial charge in [0.05, 0.1) is 0 Å². The predicted octanol–water partition coefficient (Wildman–Crippen LogP) is 0.0139. The molecule has 0 unspecified atom stereocenters. The molecule has 0 aliphatic carbocycles. The Hall–Kier alpha value is 0.734. The molecule has 0 rings (SSSR count). The first kappa shape index (κ1) is 11.5. The van der Waals surface area contributed by atoms with Gasteiger partial charge in [0.25, 0.3) is 0 Å². The third kappa shape index (κ3) is 4.88. The van der Waals surface area contributed by atoms with E-state index in [1.165, 1.54) is 0 Å². The fourth-order valence-corrected chi connectivity index (χ4v) is 0.0907. The SMILES string of the molecule is [CH2-][C@H](O)[C@H](C)C=O.[Y]. The average molecular weight is 190 g/mol. The van der Waals surface area contributed by atoms with Crippen LogP contribution in [0.5, 0.6) is 0 Å². The van der Waals surface area contributed by atoms with Gasteiger partial charge in [0, 0.05) is 38.6 Å². The van der Waals surface area contributed by atoms with Gasteiger partial charge < -0.3 is 16.8 Å². The number of hydrogen-bond donors (Lipinski definition) is 1. The second-order valence-electron chi connectivity index (χ2n) is 1.56. The summed E-state index contributed by atoms with van der Waals surface area (Å²) in [6.45, 7) is 4.85. The van der Waals surface area contributed by atoms with Crippen LogP contribution in [0.3, 0.4) is 0 Å². The normalized spacial score (nSPS) is 15.9. The van der Waals surface area contributed by atoms with Gasteiger partial charge in [-0.05, 0) is 0 Å². The summed E-state index contributed by atoms with van der Waals surface area (Å²) in [7, 11) is 0. The fraction of sp³-hybridized carbons (Fsp3) is 0.600. The molecular formula is C5H9O2Y-. The van der Waals surface area contributed by atoms with Gasteiger partial charge in [0.1, 0.15) is 6.29 Å². The van der Waals surface area contributed by atoms with E-state index < -0.39 is 6.10 Å².